The summed E-state index contributed by atoms with van der Waals surface area (Å²) in [6.45, 7) is 4.37. The Morgan fingerprint density at radius 2 is 2.00 bits per heavy atom. The highest BCUT2D eigenvalue weighted by Crippen LogP contribution is 2.25. The Kier molecular flexibility index (Phi) is 6.25. The van der Waals surface area contributed by atoms with Crippen LogP contribution in [-0.2, 0) is 6.54 Å². The van der Waals surface area contributed by atoms with Crippen molar-refractivity contribution in [3.63, 3.8) is 0 Å². The summed E-state index contributed by atoms with van der Waals surface area (Å²) in [5, 5.41) is 14.7. The molecule has 0 aliphatic heterocycles. The fourth-order valence-electron chi connectivity index (χ4n) is 2.29. The van der Waals surface area contributed by atoms with Gasteiger partial charge >= 0.3 is 0 Å². The lowest BCUT2D eigenvalue weighted by molar-refractivity contribution is 0.251. The predicted molar refractivity (Wildman–Crippen MR) is 86.9 cm³/mol. The Morgan fingerprint density at radius 3 is 2.70 bits per heavy atom. The Bertz CT molecular complexity index is 495. The van der Waals surface area contributed by atoms with Crippen molar-refractivity contribution in [2.24, 2.45) is 5.92 Å². The third kappa shape index (κ3) is 4.44. The first-order chi connectivity index (χ1) is 9.83. The van der Waals surface area contributed by atoms with Gasteiger partial charge in [0.1, 0.15) is 0 Å². The average Bonchev–Trinajstić information content (AvgIpc) is 2.96. The molecule has 3 heteroatoms. The molecule has 2 aromatic rings. The molecule has 1 aromatic heterocycles. The van der Waals surface area contributed by atoms with Gasteiger partial charge in [-0.2, -0.15) is 0 Å². The second-order valence-corrected chi connectivity index (χ2v) is 6.08. The van der Waals surface area contributed by atoms with E-state index in [-0.39, 0.29) is 6.61 Å². The third-order valence-electron chi connectivity index (χ3n) is 3.61. The van der Waals surface area contributed by atoms with E-state index in [4.69, 9.17) is 5.11 Å². The van der Waals surface area contributed by atoms with Gasteiger partial charge in [0, 0.05) is 18.0 Å². The number of thiophene rings is 1. The normalized spacial score (nSPS) is 12.5. The molecular formula is C17H23NOS. The molecular weight excluding hydrogens is 266 g/mol. The molecule has 1 unspecified atom stereocenters. The summed E-state index contributed by atoms with van der Waals surface area (Å²) in [6, 6.07) is 12.8. The molecule has 2 N–H and O–H groups in total. The Hall–Kier alpha value is -1.16. The minimum absolute atomic E-state index is 0.289. The first kappa shape index (κ1) is 15.2. The van der Waals surface area contributed by atoms with Crippen molar-refractivity contribution in [1.29, 1.82) is 0 Å². The molecule has 2 rings (SSSR count). The van der Waals surface area contributed by atoms with Gasteiger partial charge in [-0.15, -0.1) is 11.3 Å². The summed E-state index contributed by atoms with van der Waals surface area (Å²) in [6.07, 6.45) is 2.01. The lowest BCUT2D eigenvalue weighted by Gasteiger charge is -2.13. The summed E-state index contributed by atoms with van der Waals surface area (Å²) in [5.41, 5.74) is 2.58. The quantitative estimate of drug-likeness (QED) is 0.772. The second kappa shape index (κ2) is 8.20. The Balaban J connectivity index is 1.84. The van der Waals surface area contributed by atoms with Crippen LogP contribution in [0.25, 0.3) is 11.1 Å². The minimum Gasteiger partial charge on any atom is -0.396 e. The Labute approximate surface area is 125 Å². The molecule has 0 aliphatic rings. The number of rotatable bonds is 8. The highest BCUT2D eigenvalue weighted by atomic mass is 32.1. The van der Waals surface area contributed by atoms with E-state index in [2.05, 4.69) is 48.0 Å². The van der Waals surface area contributed by atoms with E-state index in [0.29, 0.717) is 5.92 Å². The van der Waals surface area contributed by atoms with Crippen LogP contribution in [0, 0.1) is 5.92 Å². The van der Waals surface area contributed by atoms with Gasteiger partial charge in [0.2, 0.25) is 0 Å². The smallest absolute Gasteiger partial charge is 0.0434 e. The predicted octanol–water partition coefficient (Wildman–Crippen LogP) is 3.91. The number of aliphatic hydroxyl groups is 1. The van der Waals surface area contributed by atoms with Crippen molar-refractivity contribution in [3.05, 3.63) is 46.7 Å². The number of benzene rings is 1. The zero-order chi connectivity index (χ0) is 14.2. The van der Waals surface area contributed by atoms with Crippen molar-refractivity contribution in [3.8, 4) is 11.1 Å². The summed E-state index contributed by atoms with van der Waals surface area (Å²) in [5.74, 6) is 0.577. The van der Waals surface area contributed by atoms with Gasteiger partial charge in [-0.25, -0.2) is 0 Å². The zero-order valence-corrected chi connectivity index (χ0v) is 12.8. The van der Waals surface area contributed by atoms with E-state index in [1.54, 1.807) is 11.3 Å². The fraction of sp³-hybridized carbons (Fsp3) is 0.412. The monoisotopic (exact) mass is 289 g/mol. The molecule has 0 saturated heterocycles. The molecule has 0 spiro atoms. The van der Waals surface area contributed by atoms with Gasteiger partial charge in [0.25, 0.3) is 0 Å². The van der Waals surface area contributed by atoms with Gasteiger partial charge in [0.05, 0.1) is 0 Å². The van der Waals surface area contributed by atoms with Crippen LogP contribution in [-0.4, -0.2) is 18.3 Å². The first-order valence-electron chi connectivity index (χ1n) is 7.28. The maximum atomic E-state index is 8.99. The van der Waals surface area contributed by atoms with Crippen LogP contribution in [0.1, 0.15) is 24.6 Å². The topological polar surface area (TPSA) is 32.3 Å². The largest absolute Gasteiger partial charge is 0.396 e. The van der Waals surface area contributed by atoms with Crippen LogP contribution in [0.5, 0.6) is 0 Å². The van der Waals surface area contributed by atoms with Crippen LogP contribution in [0.3, 0.4) is 0 Å². The number of hydrogen-bond acceptors (Lipinski definition) is 3. The summed E-state index contributed by atoms with van der Waals surface area (Å²) >= 11 is 1.81. The standard InChI is InChI=1S/C17H23NOS/c1-2-14(8-9-19)11-18-12-17-10-16(13-20-17)15-6-4-3-5-7-15/h3-7,10,13-14,18-19H,2,8-9,11-12H2,1H3. The molecule has 1 heterocycles. The van der Waals surface area contributed by atoms with Crippen LogP contribution in [0.4, 0.5) is 0 Å². The van der Waals surface area contributed by atoms with Crippen LogP contribution < -0.4 is 5.32 Å². The second-order valence-electron chi connectivity index (χ2n) is 5.09. The van der Waals surface area contributed by atoms with Crippen LogP contribution >= 0.6 is 11.3 Å². The van der Waals surface area contributed by atoms with Crippen LogP contribution in [0.15, 0.2) is 41.8 Å². The fourth-order valence-corrected chi connectivity index (χ4v) is 3.15. The van der Waals surface area contributed by atoms with E-state index >= 15 is 0 Å². The SMILES string of the molecule is CCC(CCO)CNCc1cc(-c2ccccc2)cs1. The Morgan fingerprint density at radius 1 is 1.20 bits per heavy atom. The van der Waals surface area contributed by atoms with Gasteiger partial charge in [-0.05, 0) is 41.5 Å². The molecule has 0 aliphatic carbocycles. The molecule has 108 valence electrons. The molecule has 0 bridgehead atoms. The molecule has 2 nitrogen and oxygen atoms in total. The number of nitrogens with one attached hydrogen (secondary N) is 1. The maximum absolute atomic E-state index is 8.99. The molecule has 0 saturated carbocycles. The minimum atomic E-state index is 0.289. The van der Waals surface area contributed by atoms with E-state index in [1.165, 1.54) is 16.0 Å². The molecule has 0 radical (unpaired) electrons. The van der Waals surface area contributed by atoms with Gasteiger partial charge < -0.3 is 10.4 Å². The molecule has 0 amide bonds. The van der Waals surface area contributed by atoms with Crippen molar-refractivity contribution in [2.45, 2.75) is 26.3 Å². The van der Waals surface area contributed by atoms with Crippen molar-refractivity contribution < 1.29 is 5.11 Å². The third-order valence-corrected chi connectivity index (χ3v) is 4.54. The molecule has 0 fully saturated rings. The maximum Gasteiger partial charge on any atom is 0.0434 e. The number of hydrogen-bond donors (Lipinski definition) is 2. The van der Waals surface area contributed by atoms with Crippen molar-refractivity contribution in [1.82, 2.24) is 5.32 Å². The average molecular weight is 289 g/mol. The zero-order valence-electron chi connectivity index (χ0n) is 12.0. The first-order valence-corrected chi connectivity index (χ1v) is 8.15. The number of aliphatic hydroxyl groups excluding tert-OH is 1. The lowest BCUT2D eigenvalue weighted by Crippen LogP contribution is -2.22. The van der Waals surface area contributed by atoms with E-state index < -0.39 is 0 Å². The highest BCUT2D eigenvalue weighted by Gasteiger charge is 2.06. The molecule has 1 aromatic carbocycles. The summed E-state index contributed by atoms with van der Waals surface area (Å²) in [7, 11) is 0. The van der Waals surface area contributed by atoms with Crippen molar-refractivity contribution >= 4 is 11.3 Å². The summed E-state index contributed by atoms with van der Waals surface area (Å²) in [4.78, 5) is 1.36. The van der Waals surface area contributed by atoms with Gasteiger partial charge in [-0.3, -0.25) is 0 Å². The lowest BCUT2D eigenvalue weighted by atomic mass is 10.0. The van der Waals surface area contributed by atoms with Crippen molar-refractivity contribution in [2.75, 3.05) is 13.2 Å². The van der Waals surface area contributed by atoms with Crippen LogP contribution in [0.2, 0.25) is 0 Å². The van der Waals surface area contributed by atoms with E-state index in [1.807, 2.05) is 6.07 Å². The highest BCUT2D eigenvalue weighted by molar-refractivity contribution is 7.10. The van der Waals surface area contributed by atoms with Gasteiger partial charge in [0.15, 0.2) is 0 Å². The molecule has 1 atom stereocenters. The molecule has 20 heavy (non-hydrogen) atoms. The van der Waals surface area contributed by atoms with Gasteiger partial charge in [-0.1, -0.05) is 43.7 Å². The summed E-state index contributed by atoms with van der Waals surface area (Å²) < 4.78 is 0. The van der Waals surface area contributed by atoms with E-state index in [9.17, 15) is 0 Å². The van der Waals surface area contributed by atoms with E-state index in [0.717, 1.165) is 25.9 Å².